The van der Waals surface area contributed by atoms with Crippen LogP contribution in [0.2, 0.25) is 5.02 Å². The number of carbonyl (C=O) groups is 1. The van der Waals surface area contributed by atoms with Crippen LogP contribution >= 0.6 is 35.6 Å². The number of halogens is 2. The van der Waals surface area contributed by atoms with Crippen molar-refractivity contribution in [3.05, 3.63) is 34.9 Å². The Morgan fingerprint density at radius 1 is 1.11 bits per heavy atom. The van der Waals surface area contributed by atoms with Crippen molar-refractivity contribution >= 4 is 47.4 Å². The molecule has 0 spiro atoms. The standard InChI is InChI=1S/C19H31ClN4O2.HI/c1-5-26-17(14(2)3)10-11-23-19(21-4)24-13-12-22-18(25)15-6-8-16(20)9-7-15;/h6-9,14,17H,5,10-13H2,1-4H3,(H,22,25)(H2,21,23,24);1H. The Hall–Kier alpha value is -1.06. The zero-order chi connectivity index (χ0) is 19.4. The lowest BCUT2D eigenvalue weighted by Crippen LogP contribution is -2.42. The first-order valence-electron chi connectivity index (χ1n) is 9.07. The van der Waals surface area contributed by atoms with Crippen molar-refractivity contribution in [3.63, 3.8) is 0 Å². The van der Waals surface area contributed by atoms with E-state index in [0.29, 0.717) is 35.6 Å². The number of amides is 1. The Bertz CT molecular complexity index is 567. The van der Waals surface area contributed by atoms with Gasteiger partial charge in [0.2, 0.25) is 0 Å². The van der Waals surface area contributed by atoms with Crippen LogP contribution in [0.15, 0.2) is 29.3 Å². The molecule has 0 heterocycles. The summed E-state index contributed by atoms with van der Waals surface area (Å²) in [6.45, 7) is 8.92. The fourth-order valence-corrected chi connectivity index (χ4v) is 2.56. The number of carbonyl (C=O) groups excluding carboxylic acids is 1. The van der Waals surface area contributed by atoms with Crippen molar-refractivity contribution in [2.24, 2.45) is 10.9 Å². The number of benzene rings is 1. The van der Waals surface area contributed by atoms with E-state index in [1.165, 1.54) is 0 Å². The molecule has 1 unspecified atom stereocenters. The zero-order valence-electron chi connectivity index (χ0n) is 16.5. The number of nitrogens with zero attached hydrogens (tertiary/aromatic N) is 1. The topological polar surface area (TPSA) is 74.8 Å². The van der Waals surface area contributed by atoms with Gasteiger partial charge in [-0.1, -0.05) is 25.4 Å². The van der Waals surface area contributed by atoms with Gasteiger partial charge in [-0.15, -0.1) is 24.0 Å². The summed E-state index contributed by atoms with van der Waals surface area (Å²) in [5, 5.41) is 9.92. The van der Waals surface area contributed by atoms with Crippen molar-refractivity contribution in [2.75, 3.05) is 33.3 Å². The van der Waals surface area contributed by atoms with Gasteiger partial charge in [-0.3, -0.25) is 9.79 Å². The van der Waals surface area contributed by atoms with E-state index in [0.717, 1.165) is 19.6 Å². The highest BCUT2D eigenvalue weighted by Gasteiger charge is 2.13. The van der Waals surface area contributed by atoms with Gasteiger partial charge in [-0.2, -0.15) is 0 Å². The van der Waals surface area contributed by atoms with E-state index in [1.807, 2.05) is 6.92 Å². The number of nitrogens with one attached hydrogen (secondary N) is 3. The Balaban J connectivity index is 0.00000676. The first-order chi connectivity index (χ1) is 12.5. The minimum absolute atomic E-state index is 0. The van der Waals surface area contributed by atoms with Gasteiger partial charge in [0.1, 0.15) is 0 Å². The highest BCUT2D eigenvalue weighted by Crippen LogP contribution is 2.10. The molecular weight excluding hydrogens is 479 g/mol. The molecule has 154 valence electrons. The van der Waals surface area contributed by atoms with E-state index in [9.17, 15) is 4.79 Å². The molecule has 1 atom stereocenters. The molecule has 0 aliphatic heterocycles. The van der Waals surface area contributed by atoms with E-state index in [-0.39, 0.29) is 36.0 Å². The van der Waals surface area contributed by atoms with Crippen LogP contribution in [0.4, 0.5) is 0 Å². The molecule has 0 fully saturated rings. The van der Waals surface area contributed by atoms with Crippen molar-refractivity contribution < 1.29 is 9.53 Å². The third kappa shape index (κ3) is 10.8. The smallest absolute Gasteiger partial charge is 0.251 e. The van der Waals surface area contributed by atoms with Crippen LogP contribution in [0.3, 0.4) is 0 Å². The van der Waals surface area contributed by atoms with Crippen LogP contribution in [-0.4, -0.2) is 51.3 Å². The maximum Gasteiger partial charge on any atom is 0.251 e. The normalized spacial score (nSPS) is 12.3. The van der Waals surface area contributed by atoms with Gasteiger partial charge < -0.3 is 20.7 Å². The first-order valence-corrected chi connectivity index (χ1v) is 9.45. The Labute approximate surface area is 184 Å². The van der Waals surface area contributed by atoms with Gasteiger partial charge in [-0.05, 0) is 43.5 Å². The molecule has 0 aromatic heterocycles. The van der Waals surface area contributed by atoms with Crippen LogP contribution in [-0.2, 0) is 4.74 Å². The molecule has 3 N–H and O–H groups in total. The molecule has 0 radical (unpaired) electrons. The molecule has 6 nitrogen and oxygen atoms in total. The number of guanidine groups is 1. The number of rotatable bonds is 10. The molecule has 27 heavy (non-hydrogen) atoms. The molecule has 0 aliphatic carbocycles. The minimum Gasteiger partial charge on any atom is -0.378 e. The predicted octanol–water partition coefficient (Wildman–Crippen LogP) is 3.30. The van der Waals surface area contributed by atoms with Gasteiger partial charge in [0.05, 0.1) is 6.10 Å². The SMILES string of the molecule is CCOC(CCNC(=NC)NCCNC(=O)c1ccc(Cl)cc1)C(C)C.I. The Morgan fingerprint density at radius 3 is 2.26 bits per heavy atom. The second-order valence-electron chi connectivity index (χ2n) is 6.22. The minimum atomic E-state index is -0.122. The summed E-state index contributed by atoms with van der Waals surface area (Å²) in [6.07, 6.45) is 1.16. The average Bonchev–Trinajstić information content (AvgIpc) is 2.63. The molecule has 1 rings (SSSR count). The second-order valence-corrected chi connectivity index (χ2v) is 6.65. The Morgan fingerprint density at radius 2 is 1.70 bits per heavy atom. The number of ether oxygens (including phenoxy) is 1. The van der Waals surface area contributed by atoms with Gasteiger partial charge in [0.15, 0.2) is 5.96 Å². The van der Waals surface area contributed by atoms with E-state index in [4.69, 9.17) is 16.3 Å². The summed E-state index contributed by atoms with van der Waals surface area (Å²) in [4.78, 5) is 16.2. The van der Waals surface area contributed by atoms with Crippen molar-refractivity contribution in [1.29, 1.82) is 0 Å². The lowest BCUT2D eigenvalue weighted by Gasteiger charge is -2.21. The summed E-state index contributed by atoms with van der Waals surface area (Å²) in [5.41, 5.74) is 0.590. The maximum absolute atomic E-state index is 12.0. The Kier molecular flexibility index (Phi) is 14.3. The van der Waals surface area contributed by atoms with Crippen LogP contribution in [0.1, 0.15) is 37.6 Å². The van der Waals surface area contributed by atoms with E-state index in [2.05, 4.69) is 34.8 Å². The monoisotopic (exact) mass is 510 g/mol. The van der Waals surface area contributed by atoms with Gasteiger partial charge >= 0.3 is 0 Å². The third-order valence-corrected chi connectivity index (χ3v) is 4.13. The van der Waals surface area contributed by atoms with Gasteiger partial charge in [0, 0.05) is 43.9 Å². The van der Waals surface area contributed by atoms with E-state index in [1.54, 1.807) is 31.3 Å². The van der Waals surface area contributed by atoms with Crippen LogP contribution in [0, 0.1) is 5.92 Å². The van der Waals surface area contributed by atoms with Crippen molar-refractivity contribution in [1.82, 2.24) is 16.0 Å². The van der Waals surface area contributed by atoms with Gasteiger partial charge in [-0.25, -0.2) is 0 Å². The molecule has 1 aromatic carbocycles. The highest BCUT2D eigenvalue weighted by atomic mass is 127. The van der Waals surface area contributed by atoms with Crippen LogP contribution in [0.25, 0.3) is 0 Å². The zero-order valence-corrected chi connectivity index (χ0v) is 19.6. The fourth-order valence-electron chi connectivity index (χ4n) is 2.44. The lowest BCUT2D eigenvalue weighted by molar-refractivity contribution is 0.0258. The summed E-state index contributed by atoms with van der Waals surface area (Å²) >= 11 is 5.82. The number of aliphatic imine (C=N–C) groups is 1. The van der Waals surface area contributed by atoms with Crippen molar-refractivity contribution in [3.8, 4) is 0 Å². The average molecular weight is 511 g/mol. The molecule has 1 aromatic rings. The molecule has 8 heteroatoms. The molecule has 0 saturated carbocycles. The summed E-state index contributed by atoms with van der Waals surface area (Å²) in [6, 6.07) is 6.81. The van der Waals surface area contributed by atoms with Gasteiger partial charge in [0.25, 0.3) is 5.91 Å². The fraction of sp³-hybridized carbons (Fsp3) is 0.579. The largest absolute Gasteiger partial charge is 0.378 e. The number of hydrogen-bond donors (Lipinski definition) is 3. The van der Waals surface area contributed by atoms with Crippen LogP contribution < -0.4 is 16.0 Å². The molecule has 1 amide bonds. The first kappa shape index (κ1) is 25.9. The van der Waals surface area contributed by atoms with Crippen LogP contribution in [0.5, 0.6) is 0 Å². The lowest BCUT2D eigenvalue weighted by atomic mass is 10.0. The van der Waals surface area contributed by atoms with E-state index < -0.39 is 0 Å². The number of hydrogen-bond acceptors (Lipinski definition) is 3. The molecule has 0 aliphatic rings. The summed E-state index contributed by atoms with van der Waals surface area (Å²) in [5.74, 6) is 1.07. The second kappa shape index (κ2) is 14.9. The summed E-state index contributed by atoms with van der Waals surface area (Å²) < 4.78 is 5.74. The molecular formula is C19H32ClIN4O2. The third-order valence-electron chi connectivity index (χ3n) is 3.88. The molecule has 0 bridgehead atoms. The van der Waals surface area contributed by atoms with Crippen molar-refractivity contribution in [2.45, 2.75) is 33.3 Å². The molecule has 0 saturated heterocycles. The maximum atomic E-state index is 12.0. The summed E-state index contributed by atoms with van der Waals surface area (Å²) in [7, 11) is 1.73. The highest BCUT2D eigenvalue weighted by molar-refractivity contribution is 14.0. The van der Waals surface area contributed by atoms with E-state index >= 15 is 0 Å². The quantitative estimate of drug-likeness (QED) is 0.195. The predicted molar refractivity (Wildman–Crippen MR) is 123 cm³/mol.